The lowest BCUT2D eigenvalue weighted by atomic mass is 9.95. The zero-order chi connectivity index (χ0) is 9.97. The molecule has 2 atom stereocenters. The van der Waals surface area contributed by atoms with Crippen LogP contribution in [0.3, 0.4) is 0 Å². The summed E-state index contributed by atoms with van der Waals surface area (Å²) in [6.07, 6.45) is 5.57. The van der Waals surface area contributed by atoms with Crippen LogP contribution in [0.5, 0.6) is 0 Å². The summed E-state index contributed by atoms with van der Waals surface area (Å²) in [6.45, 7) is 3.86. The van der Waals surface area contributed by atoms with E-state index in [0.29, 0.717) is 11.8 Å². The molecule has 0 aromatic carbocycles. The number of rotatable bonds is 3. The number of aryl methyl sites for hydroxylation is 1. The Kier molecular flexibility index (Phi) is 2.82. The highest BCUT2D eigenvalue weighted by molar-refractivity contribution is 5.02. The van der Waals surface area contributed by atoms with Crippen LogP contribution < -0.4 is 5.73 Å². The maximum Gasteiger partial charge on any atom is 0.136 e. The largest absolute Gasteiger partial charge is 0.330 e. The van der Waals surface area contributed by atoms with Crippen LogP contribution in [0.4, 0.5) is 0 Å². The van der Waals surface area contributed by atoms with E-state index in [0.717, 1.165) is 18.9 Å². The summed E-state index contributed by atoms with van der Waals surface area (Å²) in [4.78, 5) is 0. The predicted molar refractivity (Wildman–Crippen MR) is 54.8 cm³/mol. The molecule has 4 nitrogen and oxygen atoms in total. The molecule has 1 fully saturated rings. The van der Waals surface area contributed by atoms with Crippen molar-refractivity contribution in [3.8, 4) is 0 Å². The molecule has 1 saturated carbocycles. The van der Waals surface area contributed by atoms with Crippen LogP contribution in [-0.4, -0.2) is 21.3 Å². The smallest absolute Gasteiger partial charge is 0.136 e. The van der Waals surface area contributed by atoms with Crippen LogP contribution >= 0.6 is 0 Å². The van der Waals surface area contributed by atoms with Crippen LogP contribution in [0.15, 0.2) is 6.33 Å². The highest BCUT2D eigenvalue weighted by Gasteiger charge is 2.30. The van der Waals surface area contributed by atoms with Gasteiger partial charge in [0.2, 0.25) is 0 Å². The Balaban J connectivity index is 2.21. The van der Waals surface area contributed by atoms with Gasteiger partial charge in [-0.1, -0.05) is 6.42 Å². The van der Waals surface area contributed by atoms with Crippen molar-refractivity contribution in [2.45, 2.75) is 38.6 Å². The van der Waals surface area contributed by atoms with Crippen molar-refractivity contribution in [3.05, 3.63) is 12.2 Å². The molecule has 14 heavy (non-hydrogen) atoms. The Morgan fingerprint density at radius 2 is 2.43 bits per heavy atom. The van der Waals surface area contributed by atoms with E-state index in [9.17, 15) is 0 Å². The van der Waals surface area contributed by atoms with Gasteiger partial charge in [-0.3, -0.25) is 0 Å². The van der Waals surface area contributed by atoms with Gasteiger partial charge in [0.05, 0.1) is 0 Å². The molecule has 0 radical (unpaired) electrons. The molecule has 1 aromatic rings. The summed E-state index contributed by atoms with van der Waals surface area (Å²) >= 11 is 0. The first kappa shape index (κ1) is 9.65. The average Bonchev–Trinajstić information content (AvgIpc) is 2.85. The first-order chi connectivity index (χ1) is 6.86. The molecule has 2 rings (SSSR count). The lowest BCUT2D eigenvalue weighted by Gasteiger charge is -2.17. The number of hydrogen-bond donors (Lipinski definition) is 1. The van der Waals surface area contributed by atoms with Gasteiger partial charge in [0.15, 0.2) is 0 Å². The molecular formula is C10H18N4. The van der Waals surface area contributed by atoms with E-state index in [4.69, 9.17) is 5.73 Å². The molecule has 0 saturated heterocycles. The summed E-state index contributed by atoms with van der Waals surface area (Å²) < 4.78 is 2.14. The van der Waals surface area contributed by atoms with E-state index in [1.54, 1.807) is 0 Å². The summed E-state index contributed by atoms with van der Waals surface area (Å²) in [5.74, 6) is 2.30. The first-order valence-electron chi connectivity index (χ1n) is 5.44. The maximum absolute atomic E-state index is 5.76. The van der Waals surface area contributed by atoms with Gasteiger partial charge in [0.25, 0.3) is 0 Å². The van der Waals surface area contributed by atoms with E-state index in [1.807, 2.05) is 6.33 Å². The second-order valence-corrected chi connectivity index (χ2v) is 4.01. The van der Waals surface area contributed by atoms with Crippen molar-refractivity contribution in [1.82, 2.24) is 14.8 Å². The van der Waals surface area contributed by atoms with Gasteiger partial charge in [-0.25, -0.2) is 0 Å². The molecule has 0 bridgehead atoms. The van der Waals surface area contributed by atoms with Crippen LogP contribution in [0, 0.1) is 5.92 Å². The molecule has 0 aliphatic heterocycles. The van der Waals surface area contributed by atoms with Gasteiger partial charge >= 0.3 is 0 Å². The molecule has 2 N–H and O–H groups in total. The quantitative estimate of drug-likeness (QED) is 0.785. The second kappa shape index (κ2) is 4.09. The molecule has 2 unspecified atom stereocenters. The molecular weight excluding hydrogens is 176 g/mol. The lowest BCUT2D eigenvalue weighted by Crippen LogP contribution is -2.20. The van der Waals surface area contributed by atoms with Crippen LogP contribution in [0.1, 0.15) is 37.9 Å². The minimum Gasteiger partial charge on any atom is -0.330 e. The van der Waals surface area contributed by atoms with Gasteiger partial charge in [-0.05, 0) is 32.2 Å². The van der Waals surface area contributed by atoms with E-state index in [1.165, 1.54) is 19.3 Å². The van der Waals surface area contributed by atoms with Crippen LogP contribution in [-0.2, 0) is 6.54 Å². The second-order valence-electron chi connectivity index (χ2n) is 4.01. The molecule has 1 aliphatic rings. The van der Waals surface area contributed by atoms with Crippen molar-refractivity contribution < 1.29 is 0 Å². The van der Waals surface area contributed by atoms with E-state index < -0.39 is 0 Å². The van der Waals surface area contributed by atoms with Gasteiger partial charge in [0.1, 0.15) is 12.2 Å². The van der Waals surface area contributed by atoms with Gasteiger partial charge in [-0.15, -0.1) is 10.2 Å². The van der Waals surface area contributed by atoms with Gasteiger partial charge in [0, 0.05) is 12.5 Å². The Morgan fingerprint density at radius 1 is 1.57 bits per heavy atom. The molecule has 78 valence electrons. The fourth-order valence-corrected chi connectivity index (χ4v) is 2.45. The van der Waals surface area contributed by atoms with Gasteiger partial charge < -0.3 is 10.3 Å². The Labute approximate surface area is 84.5 Å². The Bertz CT molecular complexity index is 294. The fraction of sp³-hybridized carbons (Fsp3) is 0.800. The summed E-state index contributed by atoms with van der Waals surface area (Å²) in [5.41, 5.74) is 5.76. The predicted octanol–water partition coefficient (Wildman–Crippen LogP) is 1.14. The lowest BCUT2D eigenvalue weighted by molar-refractivity contribution is 0.459. The number of nitrogens with zero attached hydrogens (tertiary/aromatic N) is 3. The minimum absolute atomic E-state index is 0.544. The first-order valence-corrected chi connectivity index (χ1v) is 5.44. The fourth-order valence-electron chi connectivity index (χ4n) is 2.45. The standard InChI is InChI=1S/C10H18N4/c1-2-14-7-12-13-10(14)9-5-3-4-8(9)6-11/h7-9H,2-6,11H2,1H3. The van der Waals surface area contributed by atoms with Crippen molar-refractivity contribution >= 4 is 0 Å². The third-order valence-corrected chi connectivity index (χ3v) is 3.28. The number of aromatic nitrogens is 3. The maximum atomic E-state index is 5.76. The molecule has 0 spiro atoms. The number of nitrogens with two attached hydrogens (primary N) is 1. The molecule has 1 heterocycles. The van der Waals surface area contributed by atoms with Crippen LogP contribution in [0.25, 0.3) is 0 Å². The Hall–Kier alpha value is -0.900. The molecule has 1 aliphatic carbocycles. The van der Waals surface area contributed by atoms with E-state index >= 15 is 0 Å². The van der Waals surface area contributed by atoms with Crippen molar-refractivity contribution in [2.24, 2.45) is 11.7 Å². The molecule has 4 heteroatoms. The highest BCUT2D eigenvalue weighted by Crippen LogP contribution is 2.37. The van der Waals surface area contributed by atoms with E-state index in [2.05, 4.69) is 21.7 Å². The SMILES string of the molecule is CCn1cnnc1C1CCCC1CN. The average molecular weight is 194 g/mol. The van der Waals surface area contributed by atoms with Crippen molar-refractivity contribution in [3.63, 3.8) is 0 Å². The Morgan fingerprint density at radius 3 is 3.14 bits per heavy atom. The monoisotopic (exact) mass is 194 g/mol. The summed E-state index contributed by atoms with van der Waals surface area (Å²) in [6, 6.07) is 0. The normalized spacial score (nSPS) is 27.0. The third-order valence-electron chi connectivity index (χ3n) is 3.28. The highest BCUT2D eigenvalue weighted by atomic mass is 15.3. The molecule has 1 aromatic heterocycles. The zero-order valence-electron chi connectivity index (χ0n) is 8.69. The van der Waals surface area contributed by atoms with Gasteiger partial charge in [-0.2, -0.15) is 0 Å². The van der Waals surface area contributed by atoms with E-state index in [-0.39, 0.29) is 0 Å². The summed E-state index contributed by atoms with van der Waals surface area (Å²) in [5, 5.41) is 8.20. The topological polar surface area (TPSA) is 56.7 Å². The minimum atomic E-state index is 0.544. The van der Waals surface area contributed by atoms with Crippen LogP contribution in [0.2, 0.25) is 0 Å². The number of hydrogen-bond acceptors (Lipinski definition) is 3. The summed E-state index contributed by atoms with van der Waals surface area (Å²) in [7, 11) is 0. The molecule has 0 amide bonds. The zero-order valence-corrected chi connectivity index (χ0v) is 8.69. The van der Waals surface area contributed by atoms with Crippen molar-refractivity contribution in [1.29, 1.82) is 0 Å². The third kappa shape index (κ3) is 1.54. The van der Waals surface area contributed by atoms with Crippen molar-refractivity contribution in [2.75, 3.05) is 6.54 Å².